The van der Waals surface area contributed by atoms with Gasteiger partial charge in [-0.25, -0.2) is 8.37 Å². The van der Waals surface area contributed by atoms with Crippen molar-refractivity contribution in [2.24, 2.45) is 0 Å². The summed E-state index contributed by atoms with van der Waals surface area (Å²) < 4.78 is 59.7. The van der Waals surface area contributed by atoms with Crippen LogP contribution >= 0.6 is 0 Å². The molecular weight excluding hydrogens is 424 g/mol. The maximum atomic E-state index is 11.6. The number of hydrogen-bond donors (Lipinski definition) is 2. The van der Waals surface area contributed by atoms with Crippen molar-refractivity contribution in [1.29, 1.82) is 0 Å². The Morgan fingerprint density at radius 1 is 0.793 bits per heavy atom. The third-order valence-corrected chi connectivity index (χ3v) is 6.87. The average molecular weight is 444 g/mol. The van der Waals surface area contributed by atoms with Crippen LogP contribution in [0, 0.1) is 0 Å². The molecule has 2 aromatic rings. The molecule has 1 heterocycles. The zero-order valence-electron chi connectivity index (χ0n) is 15.3. The van der Waals surface area contributed by atoms with Crippen molar-refractivity contribution in [1.82, 2.24) is 0 Å². The molecule has 0 amide bonds. The molecule has 1 saturated heterocycles. The van der Waals surface area contributed by atoms with Crippen LogP contribution in [0.4, 0.5) is 0 Å². The van der Waals surface area contributed by atoms with Crippen molar-refractivity contribution in [2.45, 2.75) is 37.9 Å². The largest absolute Gasteiger partial charge is 0.508 e. The molecule has 1 fully saturated rings. The van der Waals surface area contributed by atoms with Crippen molar-refractivity contribution in [3.63, 3.8) is 0 Å². The zero-order chi connectivity index (χ0) is 21.2. The molecule has 2 atom stereocenters. The van der Waals surface area contributed by atoms with E-state index in [1.807, 2.05) is 6.92 Å². The summed E-state index contributed by atoms with van der Waals surface area (Å²) in [5, 5.41) is 19.1. The number of benzene rings is 2. The number of phenolic OH excluding ortho intramolecular Hbond substituents is 2. The lowest BCUT2D eigenvalue weighted by Crippen LogP contribution is -2.36. The number of phenols is 2. The van der Waals surface area contributed by atoms with Crippen LogP contribution in [0.3, 0.4) is 0 Å². The smallest absolute Gasteiger partial charge is 0.418 e. The minimum atomic E-state index is -4.76. The Morgan fingerprint density at radius 3 is 1.62 bits per heavy atom. The predicted molar refractivity (Wildman–Crippen MR) is 101 cm³/mol. The van der Waals surface area contributed by atoms with Gasteiger partial charge in [-0.1, -0.05) is 31.2 Å². The van der Waals surface area contributed by atoms with Gasteiger partial charge in [0.2, 0.25) is 0 Å². The summed E-state index contributed by atoms with van der Waals surface area (Å²) in [6.07, 6.45) is -1.12. The first-order valence-corrected chi connectivity index (χ1v) is 11.4. The van der Waals surface area contributed by atoms with E-state index in [0.717, 1.165) is 11.1 Å². The second-order valence-electron chi connectivity index (χ2n) is 6.55. The molecule has 0 spiro atoms. The third-order valence-electron chi connectivity index (χ3n) is 4.63. The van der Waals surface area contributed by atoms with Crippen molar-refractivity contribution in [2.75, 3.05) is 0 Å². The lowest BCUT2D eigenvalue weighted by Gasteiger charge is -2.31. The second kappa shape index (κ2) is 8.28. The predicted octanol–water partition coefficient (Wildman–Crippen LogP) is 2.64. The van der Waals surface area contributed by atoms with E-state index in [1.165, 1.54) is 24.3 Å². The fourth-order valence-electron chi connectivity index (χ4n) is 3.43. The van der Waals surface area contributed by atoms with Crippen molar-refractivity contribution in [3.8, 4) is 11.5 Å². The van der Waals surface area contributed by atoms with Crippen LogP contribution in [0.5, 0.6) is 11.5 Å². The van der Waals surface area contributed by atoms with E-state index < -0.39 is 33.0 Å². The monoisotopic (exact) mass is 444 g/mol. The number of rotatable bonds is 6. The van der Waals surface area contributed by atoms with Gasteiger partial charge in [0.25, 0.3) is 0 Å². The molecule has 2 unspecified atom stereocenters. The molecule has 0 aliphatic carbocycles. The van der Waals surface area contributed by atoms with Gasteiger partial charge in [-0.2, -0.15) is 16.8 Å². The summed E-state index contributed by atoms with van der Waals surface area (Å²) in [7, 11) is -9.53. The Labute approximate surface area is 169 Å². The van der Waals surface area contributed by atoms with Crippen LogP contribution in [0.2, 0.25) is 0 Å². The fourth-order valence-corrected chi connectivity index (χ4v) is 5.31. The van der Waals surface area contributed by atoms with Crippen LogP contribution in [0.25, 0.3) is 0 Å². The van der Waals surface area contributed by atoms with E-state index in [0.29, 0.717) is 6.42 Å². The molecule has 0 radical (unpaired) electrons. The second-order valence-corrected chi connectivity index (χ2v) is 9.11. The van der Waals surface area contributed by atoms with Crippen LogP contribution in [-0.2, 0) is 32.8 Å². The third kappa shape index (κ3) is 5.46. The molecule has 1 aliphatic heterocycles. The highest BCUT2D eigenvalue weighted by molar-refractivity contribution is 7.95. The van der Waals surface area contributed by atoms with Gasteiger partial charge in [-0.05, 0) is 53.6 Å². The van der Waals surface area contributed by atoms with E-state index in [9.17, 15) is 27.0 Å². The number of aromatic hydroxyl groups is 2. The van der Waals surface area contributed by atoms with E-state index in [-0.39, 0.29) is 23.8 Å². The van der Waals surface area contributed by atoms with Gasteiger partial charge in [0.1, 0.15) is 11.5 Å². The van der Waals surface area contributed by atoms with Crippen molar-refractivity contribution < 1.29 is 39.0 Å². The van der Waals surface area contributed by atoms with Crippen LogP contribution in [0.1, 0.15) is 42.7 Å². The summed E-state index contributed by atoms with van der Waals surface area (Å²) in [5.41, 5.74) is 1.57. The highest BCUT2D eigenvalue weighted by atomic mass is 32.3. The average Bonchev–Trinajstić information content (AvgIpc) is 2.61. The molecule has 158 valence electrons. The van der Waals surface area contributed by atoms with E-state index in [2.05, 4.69) is 3.63 Å². The quantitative estimate of drug-likeness (QED) is 0.689. The lowest BCUT2D eigenvalue weighted by molar-refractivity contribution is -0.0295. The SMILES string of the molecule is CCC(c1ccc(O)cc1)C(CC1OS(=O)(=O)OS(=O)(=O)O1)c1ccc(O)cc1. The van der Waals surface area contributed by atoms with Crippen LogP contribution < -0.4 is 0 Å². The summed E-state index contributed by atoms with van der Waals surface area (Å²) in [6, 6.07) is 12.8. The summed E-state index contributed by atoms with van der Waals surface area (Å²) in [5.74, 6) is -0.480. The van der Waals surface area contributed by atoms with Gasteiger partial charge in [0.05, 0.1) is 0 Å². The normalized spacial score (nSPS) is 20.7. The van der Waals surface area contributed by atoms with Gasteiger partial charge in [-0.15, -0.1) is 3.63 Å². The summed E-state index contributed by atoms with van der Waals surface area (Å²) >= 11 is 0. The fraction of sp³-hybridized carbons (Fsp3) is 0.333. The Balaban J connectivity index is 1.98. The van der Waals surface area contributed by atoms with Crippen LogP contribution in [-0.4, -0.2) is 33.3 Å². The maximum Gasteiger partial charge on any atom is 0.418 e. The van der Waals surface area contributed by atoms with Gasteiger partial charge >= 0.3 is 20.8 Å². The van der Waals surface area contributed by atoms with E-state index >= 15 is 0 Å². The van der Waals surface area contributed by atoms with Gasteiger partial charge in [0, 0.05) is 6.42 Å². The standard InChI is InChI=1S/C18H20O9S2/c1-2-16(12-3-7-14(19)8-4-12)17(13-5-9-15(20)10-6-13)11-18-25-28(21,22)27-29(23,24)26-18/h3-10,16-20H,2,11H2,1H3. The molecule has 3 rings (SSSR count). The van der Waals surface area contributed by atoms with Gasteiger partial charge < -0.3 is 10.2 Å². The zero-order valence-corrected chi connectivity index (χ0v) is 17.0. The molecule has 29 heavy (non-hydrogen) atoms. The van der Waals surface area contributed by atoms with E-state index in [4.69, 9.17) is 8.37 Å². The minimum Gasteiger partial charge on any atom is -0.508 e. The summed E-state index contributed by atoms with van der Waals surface area (Å²) in [4.78, 5) is 0. The first kappa shape index (κ1) is 21.5. The van der Waals surface area contributed by atoms with Crippen molar-refractivity contribution in [3.05, 3.63) is 59.7 Å². The lowest BCUT2D eigenvalue weighted by atomic mass is 9.78. The molecule has 1 aliphatic rings. The Kier molecular flexibility index (Phi) is 6.15. The van der Waals surface area contributed by atoms with E-state index in [1.54, 1.807) is 24.3 Å². The molecule has 11 heteroatoms. The molecule has 2 aromatic carbocycles. The first-order valence-electron chi connectivity index (χ1n) is 8.74. The van der Waals surface area contributed by atoms with Crippen LogP contribution in [0.15, 0.2) is 48.5 Å². The summed E-state index contributed by atoms with van der Waals surface area (Å²) in [6.45, 7) is 1.92. The first-order chi connectivity index (χ1) is 13.6. The topological polar surface area (TPSA) is 136 Å². The molecule has 0 aromatic heterocycles. The highest BCUT2D eigenvalue weighted by Gasteiger charge is 2.40. The van der Waals surface area contributed by atoms with Gasteiger partial charge in [-0.3, -0.25) is 0 Å². The molecular formula is C18H20O9S2. The minimum absolute atomic E-state index is 0.0499. The Morgan fingerprint density at radius 2 is 1.21 bits per heavy atom. The van der Waals surface area contributed by atoms with Gasteiger partial charge in [0.15, 0.2) is 6.29 Å². The molecule has 9 nitrogen and oxygen atoms in total. The Hall–Kier alpha value is -2.18. The molecule has 2 N–H and O–H groups in total. The molecule has 0 saturated carbocycles. The number of hydrogen-bond acceptors (Lipinski definition) is 9. The Bertz CT molecular complexity index is 1010. The highest BCUT2D eigenvalue weighted by Crippen LogP contribution is 2.41. The molecule has 0 bridgehead atoms. The van der Waals surface area contributed by atoms with Crippen molar-refractivity contribution >= 4 is 20.8 Å². The maximum absolute atomic E-state index is 11.6.